The lowest BCUT2D eigenvalue weighted by Crippen LogP contribution is -2.33. The molecule has 0 saturated carbocycles. The fraction of sp³-hybridized carbons (Fsp3) is 0.429. The molecule has 1 unspecified atom stereocenters. The van der Waals surface area contributed by atoms with Gasteiger partial charge in [0.05, 0.1) is 16.5 Å². The lowest BCUT2D eigenvalue weighted by Gasteiger charge is -2.20. The third-order valence-electron chi connectivity index (χ3n) is 3.42. The number of H-pyrrole nitrogens is 1. The second kappa shape index (κ2) is 6.93. The summed E-state index contributed by atoms with van der Waals surface area (Å²) >= 11 is 3.04. The van der Waals surface area contributed by atoms with E-state index >= 15 is 0 Å². The molecule has 1 saturated heterocycles. The molecule has 1 aromatic heterocycles. The van der Waals surface area contributed by atoms with Crippen LogP contribution in [-0.4, -0.2) is 27.7 Å². The molecule has 1 aliphatic heterocycles. The van der Waals surface area contributed by atoms with Gasteiger partial charge in [-0.15, -0.1) is 6.58 Å². The Hall–Kier alpha value is -2.18. The largest absolute Gasteiger partial charge is 0.460 e. The van der Waals surface area contributed by atoms with Crippen molar-refractivity contribution in [1.82, 2.24) is 9.55 Å². The van der Waals surface area contributed by atoms with Crippen LogP contribution < -0.4 is 11.2 Å². The summed E-state index contributed by atoms with van der Waals surface area (Å²) in [6.45, 7) is 4.82. The molecule has 0 aliphatic carbocycles. The summed E-state index contributed by atoms with van der Waals surface area (Å²) in [6, 6.07) is 2.02. The molecule has 1 fully saturated rings. The first kappa shape index (κ1) is 17.2. The van der Waals surface area contributed by atoms with Gasteiger partial charge in [-0.25, -0.2) is 4.79 Å². The van der Waals surface area contributed by atoms with E-state index in [1.807, 2.05) is 6.07 Å². The van der Waals surface area contributed by atoms with E-state index in [9.17, 15) is 14.4 Å². The predicted molar refractivity (Wildman–Crippen MR) is 82.4 cm³/mol. The number of aromatic amines is 1. The molecule has 0 spiro atoms. The molecule has 0 amide bonds. The Morgan fingerprint density at radius 1 is 1.70 bits per heavy atom. The van der Waals surface area contributed by atoms with E-state index in [0.717, 1.165) is 0 Å². The van der Waals surface area contributed by atoms with Gasteiger partial charge in [0.15, 0.2) is 0 Å². The molecule has 1 N–H and O–H groups in total. The van der Waals surface area contributed by atoms with E-state index in [1.165, 1.54) is 23.8 Å². The van der Waals surface area contributed by atoms with Crippen LogP contribution in [-0.2, 0) is 14.3 Å². The number of carbonyl (C=O) groups is 1. The Bertz CT molecular complexity index is 778. The van der Waals surface area contributed by atoms with Crippen molar-refractivity contribution in [3.63, 3.8) is 0 Å². The number of rotatable bonds is 4. The summed E-state index contributed by atoms with van der Waals surface area (Å²) in [5, 5.41) is 9.17. The van der Waals surface area contributed by atoms with Crippen LogP contribution in [0.1, 0.15) is 19.6 Å². The highest BCUT2D eigenvalue weighted by molar-refractivity contribution is 9.10. The minimum Gasteiger partial charge on any atom is -0.460 e. The van der Waals surface area contributed by atoms with Crippen LogP contribution in [0.25, 0.3) is 0 Å². The zero-order chi connectivity index (χ0) is 17.1. The number of aromatic nitrogens is 2. The van der Waals surface area contributed by atoms with E-state index in [4.69, 9.17) is 14.7 Å². The zero-order valence-corrected chi connectivity index (χ0v) is 13.8. The van der Waals surface area contributed by atoms with Gasteiger partial charge in [-0.05, 0) is 15.9 Å². The number of hydrogen-bond donors (Lipinski definition) is 1. The second-order valence-electron chi connectivity index (χ2n) is 4.97. The Labute approximate surface area is 139 Å². The van der Waals surface area contributed by atoms with Crippen molar-refractivity contribution < 1.29 is 14.3 Å². The van der Waals surface area contributed by atoms with Gasteiger partial charge in [-0.3, -0.25) is 19.1 Å². The monoisotopic (exact) mass is 383 g/mol. The summed E-state index contributed by atoms with van der Waals surface area (Å²) in [7, 11) is 0. The number of carbonyl (C=O) groups excluding carboxylic acids is 1. The minimum absolute atomic E-state index is 0.161. The maximum Gasteiger partial charge on any atom is 0.330 e. The summed E-state index contributed by atoms with van der Waals surface area (Å²) in [5.74, 6) is -1.22. The highest BCUT2D eigenvalue weighted by Crippen LogP contribution is 2.34. The molecule has 0 radical (unpaired) electrons. The fourth-order valence-electron chi connectivity index (χ4n) is 2.42. The summed E-state index contributed by atoms with van der Waals surface area (Å²) in [6.07, 6.45) is 0.653. The molecular formula is C14H14BrN3O5. The first-order chi connectivity index (χ1) is 10.9. The number of hydrogen-bond acceptors (Lipinski definition) is 6. The van der Waals surface area contributed by atoms with Crippen LogP contribution in [0, 0.1) is 17.2 Å². The molecule has 2 rings (SSSR count). The minimum atomic E-state index is -0.777. The van der Waals surface area contributed by atoms with Gasteiger partial charge >= 0.3 is 11.7 Å². The third-order valence-corrected chi connectivity index (χ3v) is 3.99. The average Bonchev–Trinajstić information content (AvgIpc) is 2.87. The zero-order valence-electron chi connectivity index (χ0n) is 12.2. The Morgan fingerprint density at radius 3 is 2.96 bits per heavy atom. The molecule has 2 heterocycles. The maximum absolute atomic E-state index is 11.9. The average molecular weight is 384 g/mol. The standard InChI is InChI=1S/C14H14BrN3O5/c1-3-8(5-16)12-10(22-7(2)19)4-11(23-12)18-6-9(15)13(20)17-14(18)21/h3,6,8,10-12H,1,4H2,2H3,(H,17,20,21)/t8?,10-,11+,12+/m0/s1. The van der Waals surface area contributed by atoms with Gasteiger partial charge in [0.2, 0.25) is 0 Å². The maximum atomic E-state index is 11.9. The van der Waals surface area contributed by atoms with Crippen molar-refractivity contribution in [2.75, 3.05) is 0 Å². The second-order valence-corrected chi connectivity index (χ2v) is 5.83. The third kappa shape index (κ3) is 3.60. The quantitative estimate of drug-likeness (QED) is 0.608. The van der Waals surface area contributed by atoms with Gasteiger partial charge in [0.25, 0.3) is 5.56 Å². The van der Waals surface area contributed by atoms with Crippen molar-refractivity contribution >= 4 is 21.9 Å². The number of esters is 1. The number of nitrogens with zero attached hydrogens (tertiary/aromatic N) is 2. The van der Waals surface area contributed by atoms with Crippen LogP contribution >= 0.6 is 15.9 Å². The molecule has 1 aromatic rings. The van der Waals surface area contributed by atoms with E-state index < -0.39 is 41.6 Å². The highest BCUT2D eigenvalue weighted by atomic mass is 79.9. The summed E-state index contributed by atoms with van der Waals surface area (Å²) in [5.41, 5.74) is -1.21. The topological polar surface area (TPSA) is 114 Å². The molecule has 8 nitrogen and oxygen atoms in total. The Balaban J connectivity index is 2.36. The molecule has 0 aromatic carbocycles. The summed E-state index contributed by atoms with van der Waals surface area (Å²) < 4.78 is 12.3. The first-order valence-electron chi connectivity index (χ1n) is 6.73. The van der Waals surface area contributed by atoms with Crippen molar-refractivity contribution in [3.05, 3.63) is 44.2 Å². The fourth-order valence-corrected chi connectivity index (χ4v) is 2.74. The predicted octanol–water partition coefficient (Wildman–Crippen LogP) is 0.844. The SMILES string of the molecule is C=CC(C#N)[C@H]1O[C@@H](n2cc(Br)c(=O)[nH]c2=O)C[C@@H]1OC(C)=O. The number of halogens is 1. The van der Waals surface area contributed by atoms with Crippen molar-refractivity contribution in [2.24, 2.45) is 5.92 Å². The molecule has 9 heteroatoms. The van der Waals surface area contributed by atoms with Crippen LogP contribution in [0.15, 0.2) is 32.9 Å². The summed E-state index contributed by atoms with van der Waals surface area (Å²) in [4.78, 5) is 36.7. The van der Waals surface area contributed by atoms with Crippen LogP contribution in [0.5, 0.6) is 0 Å². The molecule has 0 bridgehead atoms. The number of nitriles is 1. The van der Waals surface area contributed by atoms with Gasteiger partial charge in [0.1, 0.15) is 18.4 Å². The van der Waals surface area contributed by atoms with Crippen LogP contribution in [0.4, 0.5) is 0 Å². The Morgan fingerprint density at radius 2 is 2.39 bits per heavy atom. The highest BCUT2D eigenvalue weighted by Gasteiger charge is 2.42. The Kier molecular flexibility index (Phi) is 5.18. The number of nitrogens with one attached hydrogen (secondary N) is 1. The molecular weight excluding hydrogens is 370 g/mol. The van der Waals surface area contributed by atoms with E-state index in [1.54, 1.807) is 0 Å². The number of ether oxygens (including phenoxy) is 2. The molecule has 4 atom stereocenters. The molecule has 1 aliphatic rings. The normalized spacial score (nSPS) is 24.7. The van der Waals surface area contributed by atoms with Crippen LogP contribution in [0.2, 0.25) is 0 Å². The van der Waals surface area contributed by atoms with Gasteiger partial charge in [-0.1, -0.05) is 6.08 Å². The van der Waals surface area contributed by atoms with Crippen molar-refractivity contribution in [3.8, 4) is 6.07 Å². The van der Waals surface area contributed by atoms with E-state index in [-0.39, 0.29) is 10.9 Å². The van der Waals surface area contributed by atoms with Crippen molar-refractivity contribution in [2.45, 2.75) is 31.8 Å². The lowest BCUT2D eigenvalue weighted by molar-refractivity contribution is -0.149. The smallest absolute Gasteiger partial charge is 0.330 e. The van der Waals surface area contributed by atoms with Crippen molar-refractivity contribution in [1.29, 1.82) is 5.26 Å². The van der Waals surface area contributed by atoms with Crippen LogP contribution in [0.3, 0.4) is 0 Å². The molecule has 122 valence electrons. The van der Waals surface area contributed by atoms with Gasteiger partial charge < -0.3 is 9.47 Å². The van der Waals surface area contributed by atoms with E-state index in [2.05, 4.69) is 27.5 Å². The van der Waals surface area contributed by atoms with Gasteiger partial charge in [-0.2, -0.15) is 5.26 Å². The van der Waals surface area contributed by atoms with Gasteiger partial charge in [0, 0.05) is 19.5 Å². The first-order valence-corrected chi connectivity index (χ1v) is 7.52. The molecule has 23 heavy (non-hydrogen) atoms. The lowest BCUT2D eigenvalue weighted by atomic mass is 9.99. The van der Waals surface area contributed by atoms with E-state index in [0.29, 0.717) is 0 Å².